The molecular formula is C23H22NO6-. The molecule has 1 amide bonds. The topological polar surface area (TPSA) is 107 Å². The Hall–Kier alpha value is -3.61. The highest BCUT2D eigenvalue weighted by atomic mass is 16.5. The molecule has 0 saturated carbocycles. The molecule has 0 unspecified atom stereocenters. The van der Waals surface area contributed by atoms with E-state index in [9.17, 15) is 24.6 Å². The Bertz CT molecular complexity index is 1010. The Balaban J connectivity index is 2.14. The van der Waals surface area contributed by atoms with E-state index in [1.54, 1.807) is 48.5 Å². The van der Waals surface area contributed by atoms with Gasteiger partial charge in [-0.25, -0.2) is 0 Å². The fourth-order valence-corrected chi connectivity index (χ4v) is 3.59. The van der Waals surface area contributed by atoms with Crippen LogP contribution in [-0.2, 0) is 14.4 Å². The molecule has 0 aliphatic carbocycles. The van der Waals surface area contributed by atoms with Crippen molar-refractivity contribution in [1.29, 1.82) is 0 Å². The second-order valence-electron chi connectivity index (χ2n) is 7.08. The Morgan fingerprint density at radius 2 is 1.80 bits per heavy atom. The van der Waals surface area contributed by atoms with E-state index < -0.39 is 23.7 Å². The van der Waals surface area contributed by atoms with Crippen molar-refractivity contribution in [3.8, 4) is 5.75 Å². The number of ether oxygens (including phenoxy) is 1. The van der Waals surface area contributed by atoms with Gasteiger partial charge in [-0.05, 0) is 25.8 Å². The number of aliphatic hydroxyl groups is 1. The van der Waals surface area contributed by atoms with E-state index in [1.165, 1.54) is 12.0 Å². The molecular weight excluding hydrogens is 386 g/mol. The smallest absolute Gasteiger partial charge is 0.295 e. The molecule has 1 saturated heterocycles. The molecule has 30 heavy (non-hydrogen) atoms. The number of carboxylic acid groups (broad SMARTS) is 1. The van der Waals surface area contributed by atoms with Crippen LogP contribution < -0.4 is 9.84 Å². The maximum absolute atomic E-state index is 12.9. The minimum Gasteiger partial charge on any atom is -0.550 e. The molecule has 1 N–H and O–H groups in total. The largest absolute Gasteiger partial charge is 0.550 e. The lowest BCUT2D eigenvalue weighted by molar-refractivity contribution is -0.305. The monoisotopic (exact) mass is 408 g/mol. The highest BCUT2D eigenvalue weighted by molar-refractivity contribution is 6.46. The van der Waals surface area contributed by atoms with Crippen LogP contribution in [0.15, 0.2) is 54.1 Å². The predicted octanol–water partition coefficient (Wildman–Crippen LogP) is 1.96. The minimum absolute atomic E-state index is 0.0198. The lowest BCUT2D eigenvalue weighted by Gasteiger charge is -2.26. The van der Waals surface area contributed by atoms with Gasteiger partial charge in [-0.2, -0.15) is 0 Å². The fourth-order valence-electron chi connectivity index (χ4n) is 3.59. The molecule has 0 spiro atoms. The van der Waals surface area contributed by atoms with Crippen molar-refractivity contribution < 1.29 is 29.3 Å². The number of ketones is 1. The number of Topliss-reactive ketones (excluding diaryl/α,β-unsaturated/α-hetero) is 1. The van der Waals surface area contributed by atoms with E-state index in [1.807, 2.05) is 6.92 Å². The number of nitrogens with zero attached hydrogens (tertiary/aromatic N) is 1. The van der Waals surface area contributed by atoms with E-state index in [0.717, 1.165) is 5.56 Å². The quantitative estimate of drug-likeness (QED) is 0.426. The average molecular weight is 408 g/mol. The average Bonchev–Trinajstić information content (AvgIpc) is 2.98. The number of carbonyl (C=O) groups is 3. The molecule has 0 aromatic heterocycles. The molecule has 1 heterocycles. The Morgan fingerprint density at radius 3 is 2.43 bits per heavy atom. The molecule has 1 fully saturated rings. The van der Waals surface area contributed by atoms with E-state index in [-0.39, 0.29) is 30.7 Å². The summed E-state index contributed by atoms with van der Waals surface area (Å²) >= 11 is 0. The van der Waals surface area contributed by atoms with E-state index in [2.05, 4.69) is 0 Å². The van der Waals surface area contributed by atoms with E-state index >= 15 is 0 Å². The van der Waals surface area contributed by atoms with Crippen LogP contribution in [0.4, 0.5) is 0 Å². The SMILES string of the molecule is COc1ccccc1[C@H]1C(=C(O)c2ccc(C)cc2)C(=O)C(=O)N1CCCC(=O)[O-]. The number of hydrogen-bond donors (Lipinski definition) is 1. The summed E-state index contributed by atoms with van der Waals surface area (Å²) in [6.45, 7) is 1.92. The zero-order valence-electron chi connectivity index (χ0n) is 16.8. The van der Waals surface area contributed by atoms with Gasteiger partial charge in [0.2, 0.25) is 0 Å². The molecule has 7 nitrogen and oxygen atoms in total. The molecule has 0 radical (unpaired) electrons. The molecule has 1 aliphatic heterocycles. The highest BCUT2D eigenvalue weighted by Crippen LogP contribution is 2.42. The van der Waals surface area contributed by atoms with Crippen molar-refractivity contribution >= 4 is 23.4 Å². The van der Waals surface area contributed by atoms with Gasteiger partial charge in [-0.15, -0.1) is 0 Å². The third-order valence-corrected chi connectivity index (χ3v) is 5.08. The third kappa shape index (κ3) is 4.05. The van der Waals surface area contributed by atoms with Gasteiger partial charge in [-0.1, -0.05) is 48.0 Å². The highest BCUT2D eigenvalue weighted by Gasteiger charge is 2.46. The summed E-state index contributed by atoms with van der Waals surface area (Å²) in [7, 11) is 1.47. The molecule has 7 heteroatoms. The van der Waals surface area contributed by atoms with Crippen LogP contribution in [0.2, 0.25) is 0 Å². The molecule has 156 valence electrons. The second kappa shape index (κ2) is 8.82. The summed E-state index contributed by atoms with van der Waals surface area (Å²) in [6.07, 6.45) is -0.134. The first-order valence-corrected chi connectivity index (χ1v) is 9.53. The summed E-state index contributed by atoms with van der Waals surface area (Å²) in [5, 5.41) is 21.8. The number of rotatable bonds is 7. The van der Waals surface area contributed by atoms with Gasteiger partial charge in [-0.3, -0.25) is 9.59 Å². The van der Waals surface area contributed by atoms with Crippen molar-refractivity contribution in [2.75, 3.05) is 13.7 Å². The molecule has 2 aromatic rings. The number of carbonyl (C=O) groups excluding carboxylic acids is 3. The standard InChI is InChI=1S/C23H23NO6/c1-14-9-11-15(12-10-14)21(27)19-20(16-6-3-4-7-17(16)30-2)24(23(29)22(19)28)13-5-8-18(25)26/h3-4,6-7,9-12,20,27H,5,8,13H2,1-2H3,(H,25,26)/p-1/t20-/m0/s1. The maximum Gasteiger partial charge on any atom is 0.295 e. The number of aryl methyl sites for hydroxylation is 1. The van der Waals surface area contributed by atoms with Gasteiger partial charge in [0, 0.05) is 23.6 Å². The Morgan fingerprint density at radius 1 is 1.13 bits per heavy atom. The third-order valence-electron chi connectivity index (χ3n) is 5.08. The zero-order chi connectivity index (χ0) is 21.8. The van der Waals surface area contributed by atoms with Crippen LogP contribution in [0.25, 0.3) is 5.76 Å². The first kappa shape index (κ1) is 21.1. The van der Waals surface area contributed by atoms with Gasteiger partial charge >= 0.3 is 0 Å². The summed E-state index contributed by atoms with van der Waals surface area (Å²) < 4.78 is 5.41. The van der Waals surface area contributed by atoms with Crippen LogP contribution in [0.1, 0.15) is 35.6 Å². The van der Waals surface area contributed by atoms with Gasteiger partial charge in [0.25, 0.3) is 11.7 Å². The summed E-state index contributed by atoms with van der Waals surface area (Å²) in [5.41, 5.74) is 1.87. The fraction of sp³-hybridized carbons (Fsp3) is 0.261. The summed E-state index contributed by atoms with van der Waals surface area (Å²) in [4.78, 5) is 37.8. The van der Waals surface area contributed by atoms with Crippen molar-refractivity contribution in [3.63, 3.8) is 0 Å². The van der Waals surface area contributed by atoms with Crippen LogP contribution >= 0.6 is 0 Å². The van der Waals surface area contributed by atoms with Gasteiger partial charge in [0.1, 0.15) is 11.5 Å². The molecule has 3 rings (SSSR count). The van der Waals surface area contributed by atoms with Gasteiger partial charge in [0.15, 0.2) is 0 Å². The van der Waals surface area contributed by atoms with Crippen LogP contribution in [-0.4, -0.2) is 41.3 Å². The normalized spacial score (nSPS) is 17.9. The van der Waals surface area contributed by atoms with E-state index in [4.69, 9.17) is 4.74 Å². The van der Waals surface area contributed by atoms with Crippen molar-refractivity contribution in [2.45, 2.75) is 25.8 Å². The number of hydrogen-bond acceptors (Lipinski definition) is 6. The zero-order valence-corrected chi connectivity index (χ0v) is 16.8. The molecule has 0 bridgehead atoms. The van der Waals surface area contributed by atoms with Gasteiger partial charge < -0.3 is 24.6 Å². The number of methoxy groups -OCH3 is 1. The number of amides is 1. The van der Waals surface area contributed by atoms with Crippen molar-refractivity contribution in [1.82, 2.24) is 4.90 Å². The Labute approximate surface area is 174 Å². The molecule has 1 aliphatic rings. The number of benzene rings is 2. The number of aliphatic carboxylic acids is 1. The predicted molar refractivity (Wildman–Crippen MR) is 107 cm³/mol. The summed E-state index contributed by atoms with van der Waals surface area (Å²) in [5.74, 6) is -2.69. The molecule has 2 aromatic carbocycles. The van der Waals surface area contributed by atoms with Crippen molar-refractivity contribution in [3.05, 3.63) is 70.8 Å². The first-order valence-electron chi connectivity index (χ1n) is 9.53. The van der Waals surface area contributed by atoms with Crippen molar-refractivity contribution in [2.24, 2.45) is 0 Å². The molecule has 1 atom stereocenters. The van der Waals surface area contributed by atoms with E-state index in [0.29, 0.717) is 16.9 Å². The lowest BCUT2D eigenvalue weighted by Crippen LogP contribution is -2.32. The number of para-hydroxylation sites is 1. The van der Waals surface area contributed by atoms with Gasteiger partial charge in [0.05, 0.1) is 18.7 Å². The summed E-state index contributed by atoms with van der Waals surface area (Å²) in [6, 6.07) is 12.9. The lowest BCUT2D eigenvalue weighted by atomic mass is 9.94. The number of aliphatic hydroxyl groups excluding tert-OH is 1. The second-order valence-corrected chi connectivity index (χ2v) is 7.08. The van der Waals surface area contributed by atoms with Crippen LogP contribution in [0.3, 0.4) is 0 Å². The number of carboxylic acids is 1. The van der Waals surface area contributed by atoms with Crippen LogP contribution in [0.5, 0.6) is 5.75 Å². The van der Waals surface area contributed by atoms with Crippen LogP contribution in [0, 0.1) is 6.92 Å². The first-order chi connectivity index (χ1) is 14.3. The maximum atomic E-state index is 12.9. The Kier molecular flexibility index (Phi) is 6.20. The number of likely N-dealkylation sites (tertiary alicyclic amines) is 1. The minimum atomic E-state index is -1.24.